The number of carbonyl (C=O) groups excluding carboxylic acids is 1. The van der Waals surface area contributed by atoms with Crippen molar-refractivity contribution in [2.45, 2.75) is 46.8 Å². The molecule has 0 fully saturated rings. The number of benzene rings is 1. The van der Waals surface area contributed by atoms with E-state index in [9.17, 15) is 4.79 Å². The fraction of sp³-hybridized carbons (Fsp3) is 0.412. The van der Waals surface area contributed by atoms with E-state index in [0.717, 1.165) is 22.7 Å². The fourth-order valence-corrected chi connectivity index (χ4v) is 2.67. The lowest BCUT2D eigenvalue weighted by atomic mass is 10.1. The molecule has 0 saturated heterocycles. The molecule has 22 heavy (non-hydrogen) atoms. The van der Waals surface area contributed by atoms with Gasteiger partial charge in [0.05, 0.1) is 0 Å². The summed E-state index contributed by atoms with van der Waals surface area (Å²) in [5, 5.41) is 5.49. The molecule has 0 bridgehead atoms. The van der Waals surface area contributed by atoms with Crippen LogP contribution in [0, 0.1) is 13.8 Å². The normalized spacial score (nSPS) is 12.0. The van der Waals surface area contributed by atoms with Crippen LogP contribution >= 0.6 is 11.3 Å². The molecular formula is C17H22N2O2S. The maximum atomic E-state index is 12.0. The summed E-state index contributed by atoms with van der Waals surface area (Å²) in [6.07, 6.45) is 0.901. The lowest BCUT2D eigenvalue weighted by Gasteiger charge is -2.09. The fourth-order valence-electron chi connectivity index (χ4n) is 1.98. The standard InChI is InChI=1S/C17H22N2O2S/c1-5-13(4)18-17(20)14-10-22-16(19-14)9-21-15-7-6-11(2)8-12(15)3/h6-8,10,13H,5,9H2,1-4H3,(H,18,20). The highest BCUT2D eigenvalue weighted by molar-refractivity contribution is 7.09. The molecule has 5 heteroatoms. The molecule has 2 aromatic rings. The number of aromatic nitrogens is 1. The summed E-state index contributed by atoms with van der Waals surface area (Å²) in [7, 11) is 0. The molecule has 0 radical (unpaired) electrons. The molecule has 1 unspecified atom stereocenters. The molecule has 0 aliphatic carbocycles. The molecule has 2 rings (SSSR count). The van der Waals surface area contributed by atoms with Gasteiger partial charge in [-0.1, -0.05) is 24.6 Å². The number of hydrogen-bond acceptors (Lipinski definition) is 4. The second-order valence-corrected chi connectivity index (χ2v) is 6.41. The van der Waals surface area contributed by atoms with Crippen molar-refractivity contribution < 1.29 is 9.53 Å². The highest BCUT2D eigenvalue weighted by atomic mass is 32.1. The molecule has 1 N–H and O–H groups in total. The highest BCUT2D eigenvalue weighted by Crippen LogP contribution is 2.21. The molecule has 0 aliphatic heterocycles. The van der Waals surface area contributed by atoms with E-state index in [1.54, 1.807) is 5.38 Å². The van der Waals surface area contributed by atoms with Gasteiger partial charge in [-0.15, -0.1) is 11.3 Å². The van der Waals surface area contributed by atoms with Gasteiger partial charge in [-0.25, -0.2) is 4.98 Å². The number of hydrogen-bond donors (Lipinski definition) is 1. The minimum absolute atomic E-state index is 0.122. The van der Waals surface area contributed by atoms with Crippen LogP contribution in [0.3, 0.4) is 0 Å². The Hall–Kier alpha value is -1.88. The lowest BCUT2D eigenvalue weighted by molar-refractivity contribution is 0.0934. The van der Waals surface area contributed by atoms with Crippen LogP contribution in [-0.2, 0) is 6.61 Å². The zero-order chi connectivity index (χ0) is 16.1. The second kappa shape index (κ2) is 7.40. The van der Waals surface area contributed by atoms with Crippen molar-refractivity contribution in [2.75, 3.05) is 0 Å². The summed E-state index contributed by atoms with van der Waals surface area (Å²) in [6.45, 7) is 8.48. The van der Waals surface area contributed by atoms with Crippen LogP contribution in [0.4, 0.5) is 0 Å². The van der Waals surface area contributed by atoms with Gasteiger partial charge in [-0.3, -0.25) is 4.79 Å². The van der Waals surface area contributed by atoms with Crippen LogP contribution in [-0.4, -0.2) is 16.9 Å². The van der Waals surface area contributed by atoms with Crippen molar-refractivity contribution in [1.82, 2.24) is 10.3 Å². The summed E-state index contributed by atoms with van der Waals surface area (Å²) in [4.78, 5) is 16.3. The average Bonchev–Trinajstić information content (AvgIpc) is 2.95. The molecule has 1 atom stereocenters. The molecule has 1 aromatic heterocycles. The molecule has 1 heterocycles. The van der Waals surface area contributed by atoms with E-state index in [2.05, 4.69) is 23.3 Å². The van der Waals surface area contributed by atoms with Crippen LogP contribution in [0.15, 0.2) is 23.6 Å². The van der Waals surface area contributed by atoms with E-state index in [1.807, 2.05) is 32.9 Å². The van der Waals surface area contributed by atoms with E-state index in [1.165, 1.54) is 16.9 Å². The van der Waals surface area contributed by atoms with Crippen molar-refractivity contribution in [3.05, 3.63) is 45.4 Å². The van der Waals surface area contributed by atoms with Gasteiger partial charge in [0, 0.05) is 11.4 Å². The number of thiazole rings is 1. The van der Waals surface area contributed by atoms with Crippen molar-refractivity contribution in [2.24, 2.45) is 0 Å². The quantitative estimate of drug-likeness (QED) is 0.879. The Morgan fingerprint density at radius 1 is 1.41 bits per heavy atom. The molecule has 0 aliphatic rings. The Morgan fingerprint density at radius 2 is 2.18 bits per heavy atom. The summed E-state index contributed by atoms with van der Waals surface area (Å²) >= 11 is 1.44. The molecule has 1 amide bonds. The third-order valence-corrected chi connectivity index (χ3v) is 4.28. The van der Waals surface area contributed by atoms with Crippen LogP contribution in [0.1, 0.15) is 46.9 Å². The zero-order valence-electron chi connectivity index (χ0n) is 13.5. The van der Waals surface area contributed by atoms with Gasteiger partial charge in [-0.2, -0.15) is 0 Å². The van der Waals surface area contributed by atoms with E-state index in [4.69, 9.17) is 4.74 Å². The summed E-state index contributed by atoms with van der Waals surface area (Å²) < 4.78 is 5.79. The number of nitrogens with zero attached hydrogens (tertiary/aromatic N) is 1. The first-order valence-electron chi connectivity index (χ1n) is 7.45. The monoisotopic (exact) mass is 318 g/mol. The minimum Gasteiger partial charge on any atom is -0.486 e. The SMILES string of the molecule is CCC(C)NC(=O)c1csc(COc2ccc(C)cc2C)n1. The average molecular weight is 318 g/mol. The molecule has 118 valence electrons. The van der Waals surface area contributed by atoms with Gasteiger partial charge in [0.1, 0.15) is 23.1 Å². The first kappa shape index (κ1) is 16.5. The second-order valence-electron chi connectivity index (χ2n) is 5.47. The topological polar surface area (TPSA) is 51.2 Å². The van der Waals surface area contributed by atoms with Crippen molar-refractivity contribution in [3.8, 4) is 5.75 Å². The van der Waals surface area contributed by atoms with Crippen LogP contribution in [0.2, 0.25) is 0 Å². The molecular weight excluding hydrogens is 296 g/mol. The Labute approximate surface area is 135 Å². The number of carbonyl (C=O) groups is 1. The third-order valence-electron chi connectivity index (χ3n) is 3.46. The number of ether oxygens (including phenoxy) is 1. The van der Waals surface area contributed by atoms with Crippen molar-refractivity contribution in [1.29, 1.82) is 0 Å². The predicted molar refractivity (Wildman–Crippen MR) is 89.6 cm³/mol. The summed E-state index contributed by atoms with van der Waals surface area (Å²) in [6, 6.07) is 6.23. The lowest BCUT2D eigenvalue weighted by Crippen LogP contribution is -2.32. The van der Waals surface area contributed by atoms with E-state index >= 15 is 0 Å². The highest BCUT2D eigenvalue weighted by Gasteiger charge is 2.13. The first-order valence-corrected chi connectivity index (χ1v) is 8.33. The number of nitrogens with one attached hydrogen (secondary N) is 1. The Morgan fingerprint density at radius 3 is 2.86 bits per heavy atom. The van der Waals surface area contributed by atoms with Gasteiger partial charge in [0.2, 0.25) is 0 Å². The minimum atomic E-state index is -0.122. The third kappa shape index (κ3) is 4.31. The maximum absolute atomic E-state index is 12.0. The predicted octanol–water partition coefficient (Wildman–Crippen LogP) is 3.87. The molecule has 4 nitrogen and oxygen atoms in total. The Bertz CT molecular complexity index is 652. The largest absolute Gasteiger partial charge is 0.486 e. The molecule has 0 saturated carbocycles. The first-order chi connectivity index (χ1) is 10.5. The van der Waals surface area contributed by atoms with Gasteiger partial charge in [-0.05, 0) is 38.8 Å². The van der Waals surface area contributed by atoms with Crippen molar-refractivity contribution in [3.63, 3.8) is 0 Å². The van der Waals surface area contributed by atoms with Crippen LogP contribution in [0.5, 0.6) is 5.75 Å². The number of aryl methyl sites for hydroxylation is 2. The number of rotatable bonds is 6. The van der Waals surface area contributed by atoms with Crippen LogP contribution < -0.4 is 10.1 Å². The van der Waals surface area contributed by atoms with Gasteiger partial charge >= 0.3 is 0 Å². The Balaban J connectivity index is 1.96. The maximum Gasteiger partial charge on any atom is 0.270 e. The van der Waals surface area contributed by atoms with E-state index in [0.29, 0.717) is 12.3 Å². The van der Waals surface area contributed by atoms with Gasteiger partial charge in [0.15, 0.2) is 0 Å². The summed E-state index contributed by atoms with van der Waals surface area (Å²) in [5.41, 5.74) is 2.78. The Kier molecular flexibility index (Phi) is 5.55. The summed E-state index contributed by atoms with van der Waals surface area (Å²) in [5.74, 6) is 0.731. The zero-order valence-corrected chi connectivity index (χ0v) is 14.3. The van der Waals surface area contributed by atoms with Gasteiger partial charge in [0.25, 0.3) is 5.91 Å². The number of amides is 1. The van der Waals surface area contributed by atoms with E-state index in [-0.39, 0.29) is 11.9 Å². The molecule has 0 spiro atoms. The molecule has 1 aromatic carbocycles. The van der Waals surface area contributed by atoms with Crippen molar-refractivity contribution >= 4 is 17.2 Å². The van der Waals surface area contributed by atoms with Gasteiger partial charge < -0.3 is 10.1 Å². The van der Waals surface area contributed by atoms with E-state index < -0.39 is 0 Å². The smallest absolute Gasteiger partial charge is 0.270 e. The van der Waals surface area contributed by atoms with Crippen LogP contribution in [0.25, 0.3) is 0 Å².